The lowest BCUT2D eigenvalue weighted by molar-refractivity contribution is 0.635. The highest BCUT2D eigenvalue weighted by Crippen LogP contribution is 2.54. The molecule has 0 N–H and O–H groups in total. The molecule has 0 bridgehead atoms. The molecule has 0 amide bonds. The summed E-state index contributed by atoms with van der Waals surface area (Å²) in [7, 11) is 2.20. The molecule has 0 atom stereocenters. The zero-order valence-electron chi connectivity index (χ0n) is 25.2. The maximum Gasteiger partial charge on any atom is 0.332 e. The summed E-state index contributed by atoms with van der Waals surface area (Å²) < 4.78 is 2.44. The van der Waals surface area contributed by atoms with Crippen LogP contribution < -0.4 is 20.6 Å². The Balaban J connectivity index is 1.46. The minimum absolute atomic E-state index is 0.000891. The van der Waals surface area contributed by atoms with E-state index in [9.17, 15) is 0 Å². The van der Waals surface area contributed by atoms with Crippen molar-refractivity contribution in [3.05, 3.63) is 151 Å². The summed E-state index contributed by atoms with van der Waals surface area (Å²) in [6.45, 7) is 4.78. The fourth-order valence-electron chi connectivity index (χ4n) is 8.02. The molecule has 0 fully saturated rings. The Kier molecular flexibility index (Phi) is 5.26. The van der Waals surface area contributed by atoms with Gasteiger partial charge < -0.3 is 14.3 Å². The molecule has 0 aliphatic carbocycles. The van der Waals surface area contributed by atoms with E-state index in [1.165, 1.54) is 72.3 Å². The Morgan fingerprint density at radius 2 is 1.11 bits per heavy atom. The van der Waals surface area contributed by atoms with Crippen LogP contribution >= 0.6 is 0 Å². The predicted octanol–water partition coefficient (Wildman–Crippen LogP) is 8.45. The molecule has 210 valence electrons. The van der Waals surface area contributed by atoms with Gasteiger partial charge in [-0.05, 0) is 64.5 Å². The third-order valence-electron chi connectivity index (χ3n) is 10.0. The second-order valence-electron chi connectivity index (χ2n) is 12.6. The standard InChI is InChI=1S/C40H32BN3/c1-40(2)29-18-8-12-22-34(29)44(41-31-19-9-13-23-35(31)42(3)36-24-14-10-20-32(36)41)39-30(40)25-26-37-38(39)28-17-7-11-21-33(28)43(37)27-15-5-4-6-16-27/h4-26H,1-3H3. The van der Waals surface area contributed by atoms with Crippen LogP contribution in [-0.2, 0) is 5.41 Å². The molecule has 4 heteroatoms. The zero-order valence-corrected chi connectivity index (χ0v) is 25.2. The molecule has 6 aromatic carbocycles. The summed E-state index contributed by atoms with van der Waals surface area (Å²) in [5.41, 5.74) is 13.9. The molecule has 3 heterocycles. The van der Waals surface area contributed by atoms with Gasteiger partial charge in [0.2, 0.25) is 0 Å². The van der Waals surface area contributed by atoms with Gasteiger partial charge in [-0.3, -0.25) is 0 Å². The number of para-hydroxylation sites is 5. The smallest absolute Gasteiger partial charge is 0.332 e. The van der Waals surface area contributed by atoms with Crippen LogP contribution in [0.25, 0.3) is 27.5 Å². The van der Waals surface area contributed by atoms with Crippen LogP contribution in [0.5, 0.6) is 0 Å². The average Bonchev–Trinajstić information content (AvgIpc) is 3.41. The first-order valence-corrected chi connectivity index (χ1v) is 15.5. The average molecular weight is 566 g/mol. The lowest BCUT2D eigenvalue weighted by Gasteiger charge is -2.47. The normalized spacial score (nSPS) is 14.8. The molecule has 1 aromatic heterocycles. The van der Waals surface area contributed by atoms with Crippen molar-refractivity contribution in [2.24, 2.45) is 0 Å². The van der Waals surface area contributed by atoms with Crippen LogP contribution in [0.1, 0.15) is 25.0 Å². The Morgan fingerprint density at radius 1 is 0.523 bits per heavy atom. The van der Waals surface area contributed by atoms with Crippen molar-refractivity contribution in [3.8, 4) is 5.69 Å². The maximum absolute atomic E-state index is 2.67. The van der Waals surface area contributed by atoms with Gasteiger partial charge in [0.15, 0.2) is 0 Å². The first-order chi connectivity index (χ1) is 21.6. The summed E-state index contributed by atoms with van der Waals surface area (Å²) in [6.07, 6.45) is 0. The van der Waals surface area contributed by atoms with E-state index in [0.29, 0.717) is 0 Å². The summed E-state index contributed by atoms with van der Waals surface area (Å²) in [5, 5.41) is 2.58. The SMILES string of the molecule is CN1c2ccccc2B(N2c3ccccc3C(C)(C)c3ccc4c(c32)c2ccccc2n4-c2ccccc2)c2ccccc21. The van der Waals surface area contributed by atoms with Crippen molar-refractivity contribution >= 4 is 62.3 Å². The largest absolute Gasteiger partial charge is 0.376 e. The van der Waals surface area contributed by atoms with Crippen LogP contribution in [-0.4, -0.2) is 18.5 Å². The van der Waals surface area contributed by atoms with Crippen LogP contribution in [0.3, 0.4) is 0 Å². The second-order valence-corrected chi connectivity index (χ2v) is 12.6. The molecule has 3 nitrogen and oxygen atoms in total. The fraction of sp³-hybridized carbons (Fsp3) is 0.100. The molecule has 0 spiro atoms. The van der Waals surface area contributed by atoms with Gasteiger partial charge in [0, 0.05) is 51.7 Å². The number of hydrogen-bond donors (Lipinski definition) is 0. The van der Waals surface area contributed by atoms with E-state index in [2.05, 4.69) is 175 Å². The first-order valence-electron chi connectivity index (χ1n) is 15.5. The predicted molar refractivity (Wildman–Crippen MR) is 187 cm³/mol. The van der Waals surface area contributed by atoms with Gasteiger partial charge in [-0.2, -0.15) is 0 Å². The van der Waals surface area contributed by atoms with Gasteiger partial charge in [0.05, 0.1) is 11.0 Å². The number of anilines is 4. The van der Waals surface area contributed by atoms with Crippen LogP contribution in [0.15, 0.2) is 140 Å². The van der Waals surface area contributed by atoms with E-state index >= 15 is 0 Å². The highest BCUT2D eigenvalue weighted by atomic mass is 15.2. The fourth-order valence-corrected chi connectivity index (χ4v) is 8.02. The quantitative estimate of drug-likeness (QED) is 0.195. The van der Waals surface area contributed by atoms with Gasteiger partial charge in [0.25, 0.3) is 0 Å². The van der Waals surface area contributed by atoms with E-state index in [1.54, 1.807) is 0 Å². The van der Waals surface area contributed by atoms with E-state index in [-0.39, 0.29) is 12.3 Å². The highest BCUT2D eigenvalue weighted by molar-refractivity contribution is 6.92. The van der Waals surface area contributed by atoms with Crippen molar-refractivity contribution in [1.82, 2.24) is 4.57 Å². The number of nitrogens with zero attached hydrogens (tertiary/aromatic N) is 3. The maximum atomic E-state index is 2.67. The van der Waals surface area contributed by atoms with Gasteiger partial charge in [-0.25, -0.2) is 0 Å². The Labute approximate surface area is 258 Å². The molecule has 0 saturated carbocycles. The molecule has 0 saturated heterocycles. The van der Waals surface area contributed by atoms with Crippen molar-refractivity contribution < 1.29 is 0 Å². The van der Waals surface area contributed by atoms with Gasteiger partial charge in [0.1, 0.15) is 0 Å². The molecule has 9 rings (SSSR count). The Morgan fingerprint density at radius 3 is 1.84 bits per heavy atom. The number of aromatic nitrogens is 1. The summed E-state index contributed by atoms with van der Waals surface area (Å²) in [4.78, 5) is 5.02. The number of hydrogen-bond acceptors (Lipinski definition) is 2. The Bertz CT molecular complexity index is 2200. The third kappa shape index (κ3) is 3.28. The number of fused-ring (bicyclic) bond motifs is 8. The molecular formula is C40H32BN3. The van der Waals surface area contributed by atoms with E-state index < -0.39 is 0 Å². The first kappa shape index (κ1) is 25.3. The third-order valence-corrected chi connectivity index (χ3v) is 10.0. The number of rotatable bonds is 2. The van der Waals surface area contributed by atoms with Crippen LogP contribution in [0, 0.1) is 0 Å². The summed E-state index contributed by atoms with van der Waals surface area (Å²) in [6, 6.07) is 51.4. The summed E-state index contributed by atoms with van der Waals surface area (Å²) >= 11 is 0. The summed E-state index contributed by atoms with van der Waals surface area (Å²) in [5.74, 6) is 0. The molecule has 0 unspecified atom stereocenters. The van der Waals surface area contributed by atoms with E-state index in [0.717, 1.165) is 0 Å². The minimum atomic E-state index is -0.183. The van der Waals surface area contributed by atoms with Crippen molar-refractivity contribution in [1.29, 1.82) is 0 Å². The Hall–Kier alpha value is -5.22. The number of benzene rings is 6. The van der Waals surface area contributed by atoms with Crippen LogP contribution in [0.4, 0.5) is 22.7 Å². The highest BCUT2D eigenvalue weighted by Gasteiger charge is 2.45. The molecule has 44 heavy (non-hydrogen) atoms. The lowest BCUT2D eigenvalue weighted by atomic mass is 9.45. The molecule has 2 aliphatic heterocycles. The van der Waals surface area contributed by atoms with Gasteiger partial charge >= 0.3 is 6.85 Å². The van der Waals surface area contributed by atoms with Gasteiger partial charge in [-0.15, -0.1) is 0 Å². The second kappa shape index (κ2) is 9.14. The van der Waals surface area contributed by atoms with E-state index in [4.69, 9.17) is 0 Å². The van der Waals surface area contributed by atoms with E-state index in [1.807, 2.05) is 0 Å². The van der Waals surface area contributed by atoms with Crippen LogP contribution in [0.2, 0.25) is 0 Å². The van der Waals surface area contributed by atoms with Crippen molar-refractivity contribution in [3.63, 3.8) is 0 Å². The lowest BCUT2D eigenvalue weighted by Crippen LogP contribution is -2.60. The minimum Gasteiger partial charge on any atom is -0.376 e. The molecular weight excluding hydrogens is 533 g/mol. The zero-order chi connectivity index (χ0) is 29.6. The van der Waals surface area contributed by atoms with Gasteiger partial charge in [-0.1, -0.05) is 111 Å². The molecule has 0 radical (unpaired) electrons. The van der Waals surface area contributed by atoms with Crippen molar-refractivity contribution in [2.45, 2.75) is 19.3 Å². The topological polar surface area (TPSA) is 11.4 Å². The molecule has 7 aromatic rings. The monoisotopic (exact) mass is 565 g/mol. The molecule has 2 aliphatic rings. The van der Waals surface area contributed by atoms with Crippen molar-refractivity contribution in [2.75, 3.05) is 16.8 Å².